The topological polar surface area (TPSA) is 107 Å². The minimum absolute atomic E-state index is 0.0472. The summed E-state index contributed by atoms with van der Waals surface area (Å²) in [6.07, 6.45) is 0.175. The van der Waals surface area contributed by atoms with Crippen LogP contribution in [-0.2, 0) is 12.8 Å². The first kappa shape index (κ1) is 20.4. The summed E-state index contributed by atoms with van der Waals surface area (Å²) in [5.41, 5.74) is -0.534. The Balaban J connectivity index is 2.17. The Morgan fingerprint density at radius 1 is 0.800 bits per heavy atom. The van der Waals surface area contributed by atoms with Gasteiger partial charge in [-0.15, -0.1) is 0 Å². The number of fused-ring (bicyclic) bond motifs is 4. The van der Waals surface area contributed by atoms with Crippen LogP contribution < -0.4 is 23.7 Å². The molecular formula is C22H26O8. The molecule has 0 amide bonds. The summed E-state index contributed by atoms with van der Waals surface area (Å²) in [6, 6.07) is 3.29. The molecule has 0 unspecified atom stereocenters. The zero-order chi connectivity index (χ0) is 21.8. The molecule has 0 spiro atoms. The van der Waals surface area contributed by atoms with Crippen molar-refractivity contribution in [1.82, 2.24) is 0 Å². The lowest BCUT2D eigenvalue weighted by molar-refractivity contribution is -0.129. The van der Waals surface area contributed by atoms with Crippen LogP contribution in [0.4, 0.5) is 0 Å². The van der Waals surface area contributed by atoms with E-state index < -0.39 is 11.2 Å². The summed E-state index contributed by atoms with van der Waals surface area (Å²) in [5.74, 6) is 1.68. The number of phenols is 1. The summed E-state index contributed by atoms with van der Waals surface area (Å²) in [5, 5.41) is 32.9. The molecule has 3 N–H and O–H groups in total. The monoisotopic (exact) mass is 418 g/mol. The van der Waals surface area contributed by atoms with Crippen molar-refractivity contribution in [2.45, 2.75) is 37.9 Å². The summed E-state index contributed by atoms with van der Waals surface area (Å²) < 4.78 is 28.0. The quantitative estimate of drug-likeness (QED) is 0.698. The van der Waals surface area contributed by atoms with Crippen LogP contribution in [0, 0.1) is 0 Å². The number of aliphatic hydroxyl groups is 2. The lowest BCUT2D eigenvalue weighted by Crippen LogP contribution is -2.53. The predicted octanol–water partition coefficient (Wildman–Crippen LogP) is 2.41. The van der Waals surface area contributed by atoms with Gasteiger partial charge in [0, 0.05) is 24.0 Å². The average Bonchev–Trinajstić information content (AvgIpc) is 3.13. The third kappa shape index (κ3) is 2.82. The Hall–Kier alpha value is -2.84. The third-order valence-electron chi connectivity index (χ3n) is 6.09. The van der Waals surface area contributed by atoms with E-state index >= 15 is 0 Å². The fourth-order valence-electron chi connectivity index (χ4n) is 4.28. The van der Waals surface area contributed by atoms with E-state index in [-0.39, 0.29) is 31.1 Å². The van der Waals surface area contributed by atoms with Gasteiger partial charge in [-0.05, 0) is 37.1 Å². The minimum Gasteiger partial charge on any atom is -0.504 e. The van der Waals surface area contributed by atoms with Gasteiger partial charge >= 0.3 is 0 Å². The SMILES string of the molecule is COc1c(O)cc2c(c1OC)-c1c(cc3c(c1OC)OCO3)C[C@@](C)(O)[C@@](C)(O)C2. The van der Waals surface area contributed by atoms with Crippen LogP contribution in [0.15, 0.2) is 12.1 Å². The molecule has 1 heterocycles. The molecule has 2 aromatic rings. The Morgan fingerprint density at radius 2 is 1.33 bits per heavy atom. The third-order valence-corrected chi connectivity index (χ3v) is 6.09. The molecule has 0 bridgehead atoms. The number of benzene rings is 2. The highest BCUT2D eigenvalue weighted by atomic mass is 16.7. The lowest BCUT2D eigenvalue weighted by atomic mass is 9.72. The average molecular weight is 418 g/mol. The molecule has 8 heteroatoms. The maximum atomic E-state index is 11.2. The van der Waals surface area contributed by atoms with E-state index in [1.807, 2.05) is 0 Å². The zero-order valence-electron chi connectivity index (χ0n) is 17.7. The van der Waals surface area contributed by atoms with Crippen molar-refractivity contribution in [3.63, 3.8) is 0 Å². The maximum Gasteiger partial charge on any atom is 0.231 e. The Morgan fingerprint density at radius 3 is 1.90 bits per heavy atom. The number of ether oxygens (including phenoxy) is 5. The highest BCUT2D eigenvalue weighted by Crippen LogP contribution is 2.57. The van der Waals surface area contributed by atoms with Crippen molar-refractivity contribution in [3.05, 3.63) is 23.3 Å². The van der Waals surface area contributed by atoms with Crippen molar-refractivity contribution in [1.29, 1.82) is 0 Å². The van der Waals surface area contributed by atoms with Gasteiger partial charge < -0.3 is 39.0 Å². The molecule has 4 rings (SSSR count). The lowest BCUT2D eigenvalue weighted by Gasteiger charge is -2.41. The Kier molecular flexibility index (Phi) is 4.67. The first-order chi connectivity index (χ1) is 14.1. The minimum atomic E-state index is -1.50. The number of hydrogen-bond donors (Lipinski definition) is 3. The predicted molar refractivity (Wildman–Crippen MR) is 108 cm³/mol. The first-order valence-corrected chi connectivity index (χ1v) is 9.56. The molecule has 2 aliphatic rings. The standard InChI is InChI=1S/C22H26O8/c1-21(24)8-11-6-13(23)17(26-3)19(27-4)15(11)16-12(9-22(21,2)25)7-14-18(20(16)28-5)30-10-29-14/h6-7,23-25H,8-10H2,1-5H3/t21-,22+/m0/s1. The van der Waals surface area contributed by atoms with Crippen LogP contribution in [0.5, 0.6) is 34.5 Å². The second-order valence-electron chi connectivity index (χ2n) is 8.08. The fraction of sp³-hybridized carbons (Fsp3) is 0.455. The molecule has 0 radical (unpaired) electrons. The van der Waals surface area contributed by atoms with Crippen LogP contribution in [0.3, 0.4) is 0 Å². The van der Waals surface area contributed by atoms with Gasteiger partial charge in [-0.3, -0.25) is 0 Å². The van der Waals surface area contributed by atoms with Gasteiger partial charge in [0.15, 0.2) is 23.0 Å². The summed E-state index contributed by atoms with van der Waals surface area (Å²) in [6.45, 7) is 3.20. The van der Waals surface area contributed by atoms with Gasteiger partial charge in [-0.1, -0.05) is 0 Å². The smallest absolute Gasteiger partial charge is 0.231 e. The van der Waals surface area contributed by atoms with E-state index in [9.17, 15) is 15.3 Å². The molecular weight excluding hydrogens is 392 g/mol. The molecule has 162 valence electrons. The first-order valence-electron chi connectivity index (χ1n) is 9.56. The Bertz CT molecular complexity index is 992. The highest BCUT2D eigenvalue weighted by molar-refractivity contribution is 5.88. The van der Waals surface area contributed by atoms with Gasteiger partial charge in [0.1, 0.15) is 0 Å². The molecule has 0 fully saturated rings. The van der Waals surface area contributed by atoms with Gasteiger partial charge in [-0.2, -0.15) is 0 Å². The molecule has 8 nitrogen and oxygen atoms in total. The zero-order valence-corrected chi connectivity index (χ0v) is 17.7. The van der Waals surface area contributed by atoms with Crippen LogP contribution in [0.1, 0.15) is 25.0 Å². The largest absolute Gasteiger partial charge is 0.504 e. The summed E-state index contributed by atoms with van der Waals surface area (Å²) in [7, 11) is 4.43. The second-order valence-corrected chi connectivity index (χ2v) is 8.08. The number of methoxy groups -OCH3 is 3. The van der Waals surface area contributed by atoms with E-state index in [0.717, 1.165) is 0 Å². The van der Waals surface area contributed by atoms with Crippen LogP contribution in [0.25, 0.3) is 11.1 Å². The van der Waals surface area contributed by atoms with Crippen molar-refractivity contribution in [2.75, 3.05) is 28.1 Å². The molecule has 0 aromatic heterocycles. The molecule has 0 saturated heterocycles. The van der Waals surface area contributed by atoms with Crippen molar-refractivity contribution in [3.8, 4) is 45.6 Å². The molecule has 0 saturated carbocycles. The second kappa shape index (κ2) is 6.85. The number of phenolic OH excluding ortho intramolecular Hbond substituents is 1. The molecule has 2 aromatic carbocycles. The van der Waals surface area contributed by atoms with Crippen LogP contribution in [0.2, 0.25) is 0 Å². The molecule has 2 atom stereocenters. The van der Waals surface area contributed by atoms with Gasteiger partial charge in [0.2, 0.25) is 18.3 Å². The van der Waals surface area contributed by atoms with E-state index in [1.165, 1.54) is 27.4 Å². The van der Waals surface area contributed by atoms with Gasteiger partial charge in [-0.25, -0.2) is 0 Å². The Labute approximate surface area is 174 Å². The van der Waals surface area contributed by atoms with E-state index in [1.54, 1.807) is 19.9 Å². The van der Waals surface area contributed by atoms with Crippen molar-refractivity contribution in [2.24, 2.45) is 0 Å². The highest BCUT2D eigenvalue weighted by Gasteiger charge is 2.46. The van der Waals surface area contributed by atoms with E-state index in [2.05, 4.69) is 0 Å². The number of hydrogen-bond acceptors (Lipinski definition) is 8. The van der Waals surface area contributed by atoms with Gasteiger partial charge in [0.25, 0.3) is 0 Å². The van der Waals surface area contributed by atoms with Crippen LogP contribution in [-0.4, -0.2) is 54.6 Å². The molecule has 30 heavy (non-hydrogen) atoms. The summed E-state index contributed by atoms with van der Waals surface area (Å²) >= 11 is 0. The number of rotatable bonds is 3. The van der Waals surface area contributed by atoms with Crippen molar-refractivity contribution < 1.29 is 39.0 Å². The fourth-order valence-corrected chi connectivity index (χ4v) is 4.28. The van der Waals surface area contributed by atoms with E-state index in [0.29, 0.717) is 45.3 Å². The molecule has 1 aliphatic heterocycles. The van der Waals surface area contributed by atoms with E-state index in [4.69, 9.17) is 23.7 Å². The molecule has 1 aliphatic carbocycles. The van der Waals surface area contributed by atoms with Crippen molar-refractivity contribution >= 4 is 0 Å². The van der Waals surface area contributed by atoms with Gasteiger partial charge in [0.05, 0.1) is 32.5 Å². The number of aromatic hydroxyl groups is 1. The maximum absolute atomic E-state index is 11.2. The normalized spacial score (nSPS) is 24.4. The summed E-state index contributed by atoms with van der Waals surface area (Å²) in [4.78, 5) is 0. The van der Waals surface area contributed by atoms with Crippen LogP contribution >= 0.6 is 0 Å².